The highest BCUT2D eigenvalue weighted by atomic mass is 35.5. The van der Waals surface area contributed by atoms with E-state index in [1.165, 1.54) is 25.7 Å². The summed E-state index contributed by atoms with van der Waals surface area (Å²) >= 11 is 11.7. The number of nitrogens with zero attached hydrogens (tertiary/aromatic N) is 1. The molecule has 102 valence electrons. The van der Waals surface area contributed by atoms with E-state index in [1.807, 2.05) is 18.2 Å². The second-order valence-electron chi connectivity index (χ2n) is 6.21. The van der Waals surface area contributed by atoms with Crippen molar-refractivity contribution in [3.05, 3.63) is 28.0 Å². The predicted molar refractivity (Wildman–Crippen MR) is 83.4 cm³/mol. The summed E-state index contributed by atoms with van der Waals surface area (Å²) in [5, 5.41) is 0.767. The number of hydrogen-bond acceptors (Lipinski definition) is 1. The Kier molecular flexibility index (Phi) is 3.22. The van der Waals surface area contributed by atoms with Crippen LogP contribution in [0.5, 0.6) is 0 Å². The fourth-order valence-corrected chi connectivity index (χ4v) is 3.86. The van der Waals surface area contributed by atoms with Crippen molar-refractivity contribution < 1.29 is 0 Å². The fourth-order valence-electron chi connectivity index (χ4n) is 3.36. The Hall–Kier alpha value is -0.800. The molecule has 1 aromatic carbocycles. The molecule has 0 radical (unpaired) electrons. The molecule has 0 aliphatic heterocycles. The van der Waals surface area contributed by atoms with Gasteiger partial charge in [-0.3, -0.25) is 0 Å². The van der Waals surface area contributed by atoms with Crippen LogP contribution in [0.4, 0.5) is 0 Å². The van der Waals surface area contributed by atoms with Gasteiger partial charge >= 0.3 is 0 Å². The molecule has 0 saturated heterocycles. The summed E-state index contributed by atoms with van der Waals surface area (Å²) in [5.74, 6) is 0. The molecular formula is C15H19ClN2S. The molecule has 4 heteroatoms. The maximum Gasteiger partial charge on any atom is 0.178 e. The topological polar surface area (TPSA) is 20.7 Å². The van der Waals surface area contributed by atoms with Crippen molar-refractivity contribution in [1.82, 2.24) is 9.55 Å². The van der Waals surface area contributed by atoms with Crippen molar-refractivity contribution in [3.63, 3.8) is 0 Å². The van der Waals surface area contributed by atoms with Crippen LogP contribution in [-0.4, -0.2) is 9.55 Å². The Morgan fingerprint density at radius 3 is 2.89 bits per heavy atom. The van der Waals surface area contributed by atoms with E-state index in [9.17, 15) is 0 Å². The van der Waals surface area contributed by atoms with Gasteiger partial charge < -0.3 is 9.55 Å². The lowest BCUT2D eigenvalue weighted by Gasteiger charge is -2.39. The van der Waals surface area contributed by atoms with Crippen LogP contribution >= 0.6 is 23.8 Å². The van der Waals surface area contributed by atoms with Gasteiger partial charge in [-0.2, -0.15) is 0 Å². The normalized spacial score (nSPS) is 22.8. The first kappa shape index (κ1) is 13.2. The Morgan fingerprint density at radius 2 is 2.16 bits per heavy atom. The van der Waals surface area contributed by atoms with Crippen LogP contribution < -0.4 is 0 Å². The minimum absolute atomic E-state index is 0.286. The molecule has 1 fully saturated rings. The summed E-state index contributed by atoms with van der Waals surface area (Å²) in [4.78, 5) is 3.31. The minimum atomic E-state index is 0.286. The first-order chi connectivity index (χ1) is 8.99. The first-order valence-corrected chi connectivity index (χ1v) is 7.67. The van der Waals surface area contributed by atoms with Crippen LogP contribution in [0.25, 0.3) is 11.0 Å². The van der Waals surface area contributed by atoms with Crippen molar-refractivity contribution in [2.24, 2.45) is 5.41 Å². The maximum absolute atomic E-state index is 6.15. The molecule has 1 aromatic heterocycles. The molecule has 2 nitrogen and oxygen atoms in total. The van der Waals surface area contributed by atoms with Crippen LogP contribution in [0.1, 0.15) is 45.6 Å². The fraction of sp³-hybridized carbons (Fsp3) is 0.533. The first-order valence-electron chi connectivity index (χ1n) is 6.89. The lowest BCUT2D eigenvalue weighted by molar-refractivity contribution is 0.146. The highest BCUT2D eigenvalue weighted by Crippen LogP contribution is 2.45. The summed E-state index contributed by atoms with van der Waals surface area (Å²) in [6.45, 7) is 4.70. The molecule has 1 heterocycles. The summed E-state index contributed by atoms with van der Waals surface area (Å²) in [5.41, 5.74) is 2.50. The number of rotatable bonds is 1. The van der Waals surface area contributed by atoms with Crippen LogP contribution in [0.3, 0.4) is 0 Å². The number of hydrogen-bond donors (Lipinski definition) is 1. The van der Waals surface area contributed by atoms with Gasteiger partial charge in [0.25, 0.3) is 0 Å². The van der Waals surface area contributed by atoms with Crippen LogP contribution in [0.2, 0.25) is 5.02 Å². The molecule has 2 aromatic rings. The predicted octanol–water partition coefficient (Wildman–Crippen LogP) is 5.49. The molecule has 1 atom stereocenters. The molecule has 19 heavy (non-hydrogen) atoms. The van der Waals surface area contributed by atoms with Gasteiger partial charge in [-0.15, -0.1) is 0 Å². The maximum atomic E-state index is 6.15. The summed E-state index contributed by atoms with van der Waals surface area (Å²) in [6, 6.07) is 6.40. The van der Waals surface area contributed by atoms with Crippen LogP contribution in [0.15, 0.2) is 18.2 Å². The van der Waals surface area contributed by atoms with E-state index in [4.69, 9.17) is 23.8 Å². The molecule has 3 rings (SSSR count). The number of nitrogens with one attached hydrogen (secondary N) is 1. The molecule has 1 N–H and O–H groups in total. The van der Waals surface area contributed by atoms with Crippen molar-refractivity contribution in [1.29, 1.82) is 0 Å². The van der Waals surface area contributed by atoms with E-state index in [1.54, 1.807) is 0 Å². The molecule has 0 bridgehead atoms. The Morgan fingerprint density at radius 1 is 1.37 bits per heavy atom. The van der Waals surface area contributed by atoms with E-state index >= 15 is 0 Å². The number of imidazole rings is 1. The van der Waals surface area contributed by atoms with Crippen molar-refractivity contribution in [3.8, 4) is 0 Å². The molecule has 0 spiro atoms. The smallest absolute Gasteiger partial charge is 0.178 e. The summed E-state index contributed by atoms with van der Waals surface area (Å²) in [7, 11) is 0. The molecule has 1 aliphatic carbocycles. The van der Waals surface area contributed by atoms with Gasteiger partial charge in [-0.05, 0) is 48.7 Å². The van der Waals surface area contributed by atoms with Crippen molar-refractivity contribution >= 4 is 34.9 Å². The largest absolute Gasteiger partial charge is 0.331 e. The zero-order chi connectivity index (χ0) is 13.6. The van der Waals surface area contributed by atoms with Gasteiger partial charge in [0.1, 0.15) is 0 Å². The molecule has 1 aliphatic rings. The SMILES string of the molecule is CC1(C)CCCCC1n1c(=S)[nH]c2ccc(Cl)cc21. The Bertz CT molecular complexity index is 668. The number of benzene rings is 1. The number of fused-ring (bicyclic) bond motifs is 1. The second-order valence-corrected chi connectivity index (χ2v) is 7.03. The Balaban J connectivity index is 2.21. The highest BCUT2D eigenvalue weighted by Gasteiger charge is 2.34. The zero-order valence-corrected chi connectivity index (χ0v) is 12.9. The minimum Gasteiger partial charge on any atom is -0.331 e. The van der Waals surface area contributed by atoms with Gasteiger partial charge in [-0.1, -0.05) is 38.3 Å². The second kappa shape index (κ2) is 4.64. The quantitative estimate of drug-likeness (QED) is 0.689. The average molecular weight is 295 g/mol. The zero-order valence-electron chi connectivity index (χ0n) is 11.4. The lowest BCUT2D eigenvalue weighted by Crippen LogP contribution is -2.30. The third-order valence-electron chi connectivity index (χ3n) is 4.44. The van der Waals surface area contributed by atoms with Gasteiger partial charge in [0.15, 0.2) is 4.77 Å². The monoisotopic (exact) mass is 294 g/mol. The van der Waals surface area contributed by atoms with Crippen molar-refractivity contribution in [2.45, 2.75) is 45.6 Å². The van der Waals surface area contributed by atoms with Crippen molar-refractivity contribution in [2.75, 3.05) is 0 Å². The third kappa shape index (κ3) is 2.23. The molecule has 0 amide bonds. The highest BCUT2D eigenvalue weighted by molar-refractivity contribution is 7.71. The van der Waals surface area contributed by atoms with Crippen LogP contribution in [-0.2, 0) is 0 Å². The number of aromatic nitrogens is 2. The van der Waals surface area contributed by atoms with Gasteiger partial charge in [0.05, 0.1) is 11.0 Å². The van der Waals surface area contributed by atoms with E-state index in [2.05, 4.69) is 23.4 Å². The van der Waals surface area contributed by atoms with Gasteiger partial charge in [0.2, 0.25) is 0 Å². The lowest BCUT2D eigenvalue weighted by atomic mass is 9.73. The average Bonchev–Trinajstić information content (AvgIpc) is 2.65. The molecule has 1 saturated carbocycles. The summed E-state index contributed by atoms with van der Waals surface area (Å²) in [6.07, 6.45) is 5.05. The van der Waals surface area contributed by atoms with E-state index < -0.39 is 0 Å². The number of H-pyrrole nitrogens is 1. The Labute approximate surface area is 123 Å². The van der Waals surface area contributed by atoms with E-state index in [-0.39, 0.29) is 5.41 Å². The number of halogens is 1. The van der Waals surface area contributed by atoms with Crippen LogP contribution in [0, 0.1) is 10.2 Å². The van der Waals surface area contributed by atoms with E-state index in [0.717, 1.165) is 20.8 Å². The molecule has 1 unspecified atom stereocenters. The third-order valence-corrected chi connectivity index (χ3v) is 4.98. The van der Waals surface area contributed by atoms with Gasteiger partial charge in [0, 0.05) is 11.1 Å². The van der Waals surface area contributed by atoms with Gasteiger partial charge in [-0.25, -0.2) is 0 Å². The number of aromatic amines is 1. The standard InChI is InChI=1S/C15H19ClN2S/c1-15(2)8-4-3-5-13(15)18-12-9-10(16)6-7-11(12)17-14(18)19/h6-7,9,13H,3-5,8H2,1-2H3,(H,17,19). The summed E-state index contributed by atoms with van der Waals surface area (Å²) < 4.78 is 3.10. The van der Waals surface area contributed by atoms with E-state index in [0.29, 0.717) is 6.04 Å². The molecular weight excluding hydrogens is 276 g/mol.